The number of hydrogen-bond donors (Lipinski definition) is 0. The van der Waals surface area contributed by atoms with Crippen LogP contribution in [0.25, 0.3) is 0 Å². The Morgan fingerprint density at radius 2 is 1.91 bits per heavy atom. The van der Waals surface area contributed by atoms with E-state index in [1.165, 1.54) is 0 Å². The molecule has 2 aromatic rings. The smallest absolute Gasteiger partial charge is 0.254 e. The van der Waals surface area contributed by atoms with Crippen LogP contribution in [0.3, 0.4) is 0 Å². The molecule has 1 aromatic heterocycles. The number of halogens is 1. The van der Waals surface area contributed by atoms with Gasteiger partial charge in [0, 0.05) is 19.1 Å². The Kier molecular flexibility index (Phi) is 3.98. The van der Waals surface area contributed by atoms with Crippen LogP contribution < -0.4 is 0 Å². The van der Waals surface area contributed by atoms with Crippen LogP contribution in [0.2, 0.25) is 4.34 Å². The molecule has 2 fully saturated rings. The molecule has 0 spiro atoms. The zero-order valence-corrected chi connectivity index (χ0v) is 14.8. The Morgan fingerprint density at radius 3 is 2.61 bits per heavy atom. The van der Waals surface area contributed by atoms with Gasteiger partial charge < -0.3 is 0 Å². The largest absolute Gasteiger partial charge is 0.279 e. The molecule has 7 heteroatoms. The van der Waals surface area contributed by atoms with Crippen molar-refractivity contribution in [1.82, 2.24) is 9.21 Å². The van der Waals surface area contributed by atoms with Crippen molar-refractivity contribution in [3.05, 3.63) is 52.4 Å². The maximum absolute atomic E-state index is 13.1. The molecule has 2 saturated heterocycles. The Hall–Kier alpha value is -0.920. The predicted octanol–water partition coefficient (Wildman–Crippen LogP) is 3.57. The van der Waals surface area contributed by atoms with E-state index in [0.29, 0.717) is 21.1 Å². The minimum atomic E-state index is -3.53. The van der Waals surface area contributed by atoms with Crippen molar-refractivity contribution in [2.24, 2.45) is 0 Å². The first-order valence-electron chi connectivity index (χ1n) is 7.65. The average Bonchev–Trinajstić information content (AvgIpc) is 3.22. The fourth-order valence-electron chi connectivity index (χ4n) is 3.61. The summed E-state index contributed by atoms with van der Waals surface area (Å²) >= 11 is 7.07. The molecule has 3 heterocycles. The lowest BCUT2D eigenvalue weighted by atomic mass is 10.1. The molecule has 0 saturated carbocycles. The summed E-state index contributed by atoms with van der Waals surface area (Å²) in [6.07, 6.45) is 1.97. The lowest BCUT2D eigenvalue weighted by Gasteiger charge is -2.29. The van der Waals surface area contributed by atoms with Crippen molar-refractivity contribution in [3.63, 3.8) is 0 Å². The number of nitrogens with zero attached hydrogens (tertiary/aromatic N) is 2. The van der Waals surface area contributed by atoms with Crippen molar-refractivity contribution in [1.29, 1.82) is 0 Å². The lowest BCUT2D eigenvalue weighted by molar-refractivity contribution is 0.198. The van der Waals surface area contributed by atoms with Gasteiger partial charge in [0.2, 0.25) is 0 Å². The van der Waals surface area contributed by atoms with Crippen molar-refractivity contribution in [2.75, 3.05) is 13.1 Å². The van der Waals surface area contributed by atoms with E-state index in [-0.39, 0.29) is 6.17 Å². The highest BCUT2D eigenvalue weighted by Gasteiger charge is 2.48. The lowest BCUT2D eigenvalue weighted by Crippen LogP contribution is -2.34. The number of sulfonamides is 1. The molecular weight excluding hydrogens is 352 g/mol. The second kappa shape index (κ2) is 5.86. The van der Waals surface area contributed by atoms with E-state index in [4.69, 9.17) is 11.6 Å². The number of fused-ring (bicyclic) bond motifs is 1. The van der Waals surface area contributed by atoms with Gasteiger partial charge in [0.1, 0.15) is 10.4 Å². The maximum atomic E-state index is 13.1. The van der Waals surface area contributed by atoms with Crippen LogP contribution in [0.15, 0.2) is 46.7 Å². The van der Waals surface area contributed by atoms with Gasteiger partial charge in [0.25, 0.3) is 10.0 Å². The first-order valence-corrected chi connectivity index (χ1v) is 10.3. The summed E-state index contributed by atoms with van der Waals surface area (Å²) in [6, 6.07) is 13.5. The molecular formula is C16H17ClN2O2S2. The second-order valence-electron chi connectivity index (χ2n) is 5.95. The van der Waals surface area contributed by atoms with E-state index in [1.54, 1.807) is 16.4 Å². The van der Waals surface area contributed by atoms with Gasteiger partial charge in [-0.1, -0.05) is 41.9 Å². The summed E-state index contributed by atoms with van der Waals surface area (Å²) in [5, 5.41) is 0. The number of benzene rings is 1. The Bertz CT molecular complexity index is 806. The van der Waals surface area contributed by atoms with Crippen LogP contribution in [0, 0.1) is 0 Å². The van der Waals surface area contributed by atoms with Crippen molar-refractivity contribution >= 4 is 33.0 Å². The molecule has 23 heavy (non-hydrogen) atoms. The van der Waals surface area contributed by atoms with Gasteiger partial charge in [-0.3, -0.25) is 4.90 Å². The van der Waals surface area contributed by atoms with E-state index in [9.17, 15) is 8.42 Å². The maximum Gasteiger partial charge on any atom is 0.254 e. The molecule has 0 N–H and O–H groups in total. The van der Waals surface area contributed by atoms with Crippen LogP contribution in [0.1, 0.15) is 24.6 Å². The quantitative estimate of drug-likeness (QED) is 0.831. The molecule has 2 unspecified atom stereocenters. The third kappa shape index (κ3) is 2.62. The highest BCUT2D eigenvalue weighted by Crippen LogP contribution is 2.42. The minimum absolute atomic E-state index is 0.213. The van der Waals surface area contributed by atoms with Gasteiger partial charge in [0.15, 0.2) is 0 Å². The van der Waals surface area contributed by atoms with Crippen LogP contribution in [-0.2, 0) is 10.0 Å². The number of thiophene rings is 1. The molecule has 1 aromatic carbocycles. The third-order valence-electron chi connectivity index (χ3n) is 4.61. The monoisotopic (exact) mass is 368 g/mol. The average molecular weight is 369 g/mol. The van der Waals surface area contributed by atoms with Crippen molar-refractivity contribution < 1.29 is 8.42 Å². The highest BCUT2D eigenvalue weighted by atomic mass is 35.5. The second-order valence-corrected chi connectivity index (χ2v) is 9.78. The highest BCUT2D eigenvalue weighted by molar-refractivity contribution is 7.91. The molecule has 0 bridgehead atoms. The summed E-state index contributed by atoms with van der Waals surface area (Å²) in [4.78, 5) is 2.32. The Balaban J connectivity index is 1.77. The first kappa shape index (κ1) is 15.6. The van der Waals surface area contributed by atoms with Crippen LogP contribution in [0.5, 0.6) is 0 Å². The molecule has 122 valence electrons. The van der Waals surface area contributed by atoms with Gasteiger partial charge in [-0.05, 0) is 30.5 Å². The van der Waals surface area contributed by atoms with E-state index < -0.39 is 10.0 Å². The van der Waals surface area contributed by atoms with Crippen molar-refractivity contribution in [3.8, 4) is 0 Å². The molecule has 4 rings (SSSR count). The minimum Gasteiger partial charge on any atom is -0.279 e. The van der Waals surface area contributed by atoms with Crippen LogP contribution >= 0.6 is 22.9 Å². The fourth-order valence-corrected chi connectivity index (χ4v) is 6.85. The summed E-state index contributed by atoms with van der Waals surface area (Å²) < 4.78 is 28.7. The molecule has 0 amide bonds. The standard InChI is InChI=1S/C16H17ClN2O2S2/c17-14-8-9-15(22-14)23(20,21)19-11-13-7-4-10-18(13)16(19)12-5-2-1-3-6-12/h1-3,5-6,8-9,13,16H,4,7,10-11H2. The van der Waals surface area contributed by atoms with Gasteiger partial charge in [-0.2, -0.15) is 4.31 Å². The zero-order valence-electron chi connectivity index (χ0n) is 12.4. The Morgan fingerprint density at radius 1 is 1.13 bits per heavy atom. The fraction of sp³-hybridized carbons (Fsp3) is 0.375. The Labute approximate surface area is 145 Å². The van der Waals surface area contributed by atoms with Crippen molar-refractivity contribution in [2.45, 2.75) is 29.3 Å². The summed E-state index contributed by atoms with van der Waals surface area (Å²) in [5.74, 6) is 0. The van der Waals surface area contributed by atoms with Gasteiger partial charge >= 0.3 is 0 Å². The van der Waals surface area contributed by atoms with Gasteiger partial charge in [0.05, 0.1) is 4.34 Å². The van der Waals surface area contributed by atoms with E-state index >= 15 is 0 Å². The number of rotatable bonds is 3. The molecule has 2 atom stereocenters. The zero-order chi connectivity index (χ0) is 16.0. The summed E-state index contributed by atoms with van der Waals surface area (Å²) in [7, 11) is -3.53. The molecule has 0 radical (unpaired) electrons. The third-order valence-corrected chi connectivity index (χ3v) is 8.13. The molecule has 2 aliphatic heterocycles. The molecule has 2 aliphatic rings. The topological polar surface area (TPSA) is 40.6 Å². The molecule has 0 aliphatic carbocycles. The predicted molar refractivity (Wildman–Crippen MR) is 92.1 cm³/mol. The SMILES string of the molecule is O=S(=O)(c1ccc(Cl)s1)N1CC2CCCN2C1c1ccccc1. The summed E-state index contributed by atoms with van der Waals surface area (Å²) in [5.41, 5.74) is 1.03. The number of hydrogen-bond acceptors (Lipinski definition) is 4. The van der Waals surface area contributed by atoms with Crippen LogP contribution in [0.4, 0.5) is 0 Å². The van der Waals surface area contributed by atoms with E-state index in [1.807, 2.05) is 30.3 Å². The van der Waals surface area contributed by atoms with E-state index in [2.05, 4.69) is 4.90 Å². The summed E-state index contributed by atoms with van der Waals surface area (Å²) in [6.45, 7) is 1.50. The van der Waals surface area contributed by atoms with Crippen LogP contribution in [-0.4, -0.2) is 36.8 Å². The van der Waals surface area contributed by atoms with E-state index in [0.717, 1.165) is 36.3 Å². The van der Waals surface area contributed by atoms with Gasteiger partial charge in [-0.15, -0.1) is 11.3 Å². The normalized spacial score (nSPS) is 25.8. The molecule has 4 nitrogen and oxygen atoms in total. The van der Waals surface area contributed by atoms with Gasteiger partial charge in [-0.25, -0.2) is 8.42 Å². The first-order chi connectivity index (χ1) is 11.1.